The number of aromatic nitrogens is 8. The number of halogens is 4. The van der Waals surface area contributed by atoms with Gasteiger partial charge in [-0.2, -0.15) is 0 Å². The zero-order valence-corrected chi connectivity index (χ0v) is 33.1. The summed E-state index contributed by atoms with van der Waals surface area (Å²) < 4.78 is 28.8. The lowest BCUT2D eigenvalue weighted by molar-refractivity contribution is -0.133. The molecule has 2 unspecified atom stereocenters. The van der Waals surface area contributed by atoms with Crippen LogP contribution in [0, 0.1) is 17.6 Å². The van der Waals surface area contributed by atoms with Gasteiger partial charge in [-0.05, 0) is 43.7 Å². The third-order valence-corrected chi connectivity index (χ3v) is 10.3. The molecule has 0 spiro atoms. The Bertz CT molecular complexity index is 2410. The first kappa shape index (κ1) is 39.7. The van der Waals surface area contributed by atoms with Crippen LogP contribution in [-0.2, 0) is 9.59 Å². The number of piperidine rings is 2. The van der Waals surface area contributed by atoms with Crippen molar-refractivity contribution in [1.82, 2.24) is 49.7 Å². The van der Waals surface area contributed by atoms with Gasteiger partial charge in [-0.25, -0.2) is 38.7 Å². The van der Waals surface area contributed by atoms with E-state index in [0.717, 1.165) is 61.9 Å². The topological polar surface area (TPSA) is 174 Å². The fraction of sp³-hybridized carbons (Fsp3) is 0.385. The largest absolute Gasteiger partial charge is 0.363 e. The summed E-state index contributed by atoms with van der Waals surface area (Å²) in [5, 5.41) is 8.83. The first-order valence-electron chi connectivity index (χ1n) is 18.8. The third-order valence-electron chi connectivity index (χ3n) is 9.87. The number of aromatic amines is 2. The minimum absolute atomic E-state index is 0.0218. The number of fused-ring (bicyclic) bond motifs is 2. The standard InChI is InChI=1S/C21H24ClFN6O.C18H18ClFN6O/c1-12(2)6-18(30)29-5-3-4-14(11-29)27-21-17(23)10-26-20(28-21)16-9-25-19-15(16)7-13(22)8-24-19;1-10(27)26-4-2-3-12(9-26)24-18-15(20)8-23-17(25-18)14-7-22-16-13(14)5-11(19)6-21-16/h7-10,12,14H,3-6,11H2,1-2H3,(H,24,25)(H,26,27,28);5-8,12H,2-4,9H2,1H3,(H,21,22)(H,23,24,25). The fourth-order valence-corrected chi connectivity index (χ4v) is 7.41. The minimum atomic E-state index is -0.533. The molecule has 18 heteroatoms. The van der Waals surface area contributed by atoms with E-state index in [2.05, 4.69) is 50.5 Å². The van der Waals surface area contributed by atoms with Crippen molar-refractivity contribution in [2.45, 2.75) is 65.0 Å². The lowest BCUT2D eigenvalue weighted by atomic mass is 10.0. The number of H-pyrrole nitrogens is 2. The molecule has 0 radical (unpaired) electrons. The Labute approximate surface area is 337 Å². The van der Waals surface area contributed by atoms with Crippen LogP contribution in [0.5, 0.6) is 0 Å². The van der Waals surface area contributed by atoms with E-state index in [4.69, 9.17) is 23.2 Å². The maximum absolute atomic E-state index is 14.5. The molecule has 2 aliphatic heterocycles. The highest BCUT2D eigenvalue weighted by Crippen LogP contribution is 2.30. The van der Waals surface area contributed by atoms with Crippen molar-refractivity contribution < 1.29 is 18.4 Å². The first-order chi connectivity index (χ1) is 27.4. The Hall–Kier alpha value is -5.48. The number of anilines is 2. The summed E-state index contributed by atoms with van der Waals surface area (Å²) >= 11 is 12.1. The van der Waals surface area contributed by atoms with E-state index in [0.29, 0.717) is 69.5 Å². The molecule has 6 aromatic rings. The number of pyridine rings is 2. The normalized spacial score (nSPS) is 17.1. The molecule has 0 aliphatic carbocycles. The van der Waals surface area contributed by atoms with Crippen LogP contribution in [0.2, 0.25) is 10.0 Å². The molecule has 2 atom stereocenters. The molecule has 0 bridgehead atoms. The Morgan fingerprint density at radius 3 is 1.72 bits per heavy atom. The van der Waals surface area contributed by atoms with E-state index in [-0.39, 0.29) is 35.5 Å². The number of hydrogen-bond acceptors (Lipinski definition) is 10. The second-order valence-corrected chi connectivity index (χ2v) is 15.5. The lowest BCUT2D eigenvalue weighted by Gasteiger charge is -2.34. The molecule has 4 N–H and O–H groups in total. The summed E-state index contributed by atoms with van der Waals surface area (Å²) in [5.41, 5.74) is 2.70. The average molecular weight is 820 g/mol. The Kier molecular flexibility index (Phi) is 12.1. The highest BCUT2D eigenvalue weighted by molar-refractivity contribution is 6.31. The van der Waals surface area contributed by atoms with Crippen molar-refractivity contribution >= 4 is 68.7 Å². The number of carbonyl (C=O) groups is 2. The minimum Gasteiger partial charge on any atom is -0.363 e. The van der Waals surface area contributed by atoms with Gasteiger partial charge in [0.2, 0.25) is 11.8 Å². The van der Waals surface area contributed by atoms with Gasteiger partial charge < -0.3 is 30.4 Å². The molecule has 2 fully saturated rings. The molecule has 57 heavy (non-hydrogen) atoms. The van der Waals surface area contributed by atoms with E-state index >= 15 is 0 Å². The van der Waals surface area contributed by atoms with E-state index in [1.165, 1.54) is 0 Å². The smallest absolute Gasteiger partial charge is 0.222 e. The molecule has 2 aliphatic rings. The van der Waals surface area contributed by atoms with Crippen molar-refractivity contribution in [3.8, 4) is 22.8 Å². The van der Waals surface area contributed by atoms with Crippen molar-refractivity contribution in [3.05, 3.63) is 71.0 Å². The summed E-state index contributed by atoms with van der Waals surface area (Å²) in [7, 11) is 0. The number of carbonyl (C=O) groups excluding carboxylic acids is 2. The zero-order chi connectivity index (χ0) is 40.2. The lowest BCUT2D eigenvalue weighted by Crippen LogP contribution is -2.45. The van der Waals surface area contributed by atoms with Crippen LogP contribution in [-0.4, -0.2) is 99.7 Å². The van der Waals surface area contributed by atoms with Crippen molar-refractivity contribution in [2.75, 3.05) is 36.8 Å². The Balaban J connectivity index is 0.000000175. The van der Waals surface area contributed by atoms with Gasteiger partial charge in [0.1, 0.15) is 11.3 Å². The number of amides is 2. The van der Waals surface area contributed by atoms with E-state index in [1.54, 1.807) is 48.7 Å². The average Bonchev–Trinajstić information content (AvgIpc) is 3.81. The predicted octanol–water partition coefficient (Wildman–Crippen LogP) is 7.50. The van der Waals surface area contributed by atoms with Crippen molar-refractivity contribution in [1.29, 1.82) is 0 Å². The van der Waals surface area contributed by atoms with Crippen LogP contribution in [0.3, 0.4) is 0 Å². The molecular weight excluding hydrogens is 777 g/mol. The molecule has 2 amide bonds. The van der Waals surface area contributed by atoms with Gasteiger partial charge >= 0.3 is 0 Å². The summed E-state index contributed by atoms with van der Waals surface area (Å²) in [6, 6.07) is 3.42. The van der Waals surface area contributed by atoms with Crippen LogP contribution in [0.1, 0.15) is 52.9 Å². The van der Waals surface area contributed by atoms with Gasteiger partial charge in [0, 0.05) is 98.3 Å². The molecule has 14 nitrogen and oxygen atoms in total. The van der Waals surface area contributed by atoms with Crippen LogP contribution >= 0.6 is 23.2 Å². The molecule has 8 rings (SSSR count). The third kappa shape index (κ3) is 9.39. The van der Waals surface area contributed by atoms with E-state index < -0.39 is 11.6 Å². The second-order valence-electron chi connectivity index (χ2n) is 14.7. The van der Waals surface area contributed by atoms with Crippen LogP contribution in [0.4, 0.5) is 20.4 Å². The number of likely N-dealkylation sites (tertiary alicyclic amines) is 2. The number of hydrogen-bond donors (Lipinski definition) is 4. The number of nitrogens with one attached hydrogen (secondary N) is 4. The number of rotatable bonds is 8. The van der Waals surface area contributed by atoms with Gasteiger partial charge in [-0.15, -0.1) is 0 Å². The van der Waals surface area contributed by atoms with Crippen molar-refractivity contribution in [3.63, 3.8) is 0 Å². The number of nitrogens with zero attached hydrogens (tertiary/aromatic N) is 8. The van der Waals surface area contributed by atoms with Gasteiger partial charge in [0.15, 0.2) is 34.9 Å². The predicted molar refractivity (Wildman–Crippen MR) is 216 cm³/mol. The first-order valence-corrected chi connectivity index (χ1v) is 19.5. The molecular formula is C39H42Cl2F2N12O2. The highest BCUT2D eigenvalue weighted by atomic mass is 35.5. The van der Waals surface area contributed by atoms with E-state index in [1.807, 2.05) is 18.7 Å². The molecule has 6 aromatic heterocycles. The maximum atomic E-state index is 14.5. The molecule has 8 heterocycles. The quantitative estimate of drug-likeness (QED) is 0.121. The van der Waals surface area contributed by atoms with Gasteiger partial charge in [0.25, 0.3) is 0 Å². The van der Waals surface area contributed by atoms with Crippen LogP contribution in [0.15, 0.2) is 49.3 Å². The van der Waals surface area contributed by atoms with Gasteiger partial charge in [-0.1, -0.05) is 37.0 Å². The SMILES string of the molecule is CC(=O)N1CCCC(Nc2nc(-c3c[nH]c4ncc(Cl)cc34)ncc2F)C1.CC(C)CC(=O)N1CCCC(Nc2nc(-c3c[nH]c4ncc(Cl)cc34)ncc2F)C1. The Morgan fingerprint density at radius 1 is 0.772 bits per heavy atom. The van der Waals surface area contributed by atoms with Gasteiger partial charge in [0.05, 0.1) is 22.4 Å². The fourth-order valence-electron chi connectivity index (χ4n) is 7.09. The maximum Gasteiger partial charge on any atom is 0.222 e. The van der Waals surface area contributed by atoms with Crippen molar-refractivity contribution in [2.24, 2.45) is 5.92 Å². The zero-order valence-electron chi connectivity index (χ0n) is 31.6. The van der Waals surface area contributed by atoms with Crippen LogP contribution < -0.4 is 10.6 Å². The summed E-state index contributed by atoms with van der Waals surface area (Å²) in [6.45, 7) is 8.14. The molecule has 0 saturated carbocycles. The second kappa shape index (κ2) is 17.3. The molecule has 298 valence electrons. The highest BCUT2D eigenvalue weighted by Gasteiger charge is 2.26. The monoisotopic (exact) mass is 818 g/mol. The summed E-state index contributed by atoms with van der Waals surface area (Å²) in [4.78, 5) is 59.2. The summed E-state index contributed by atoms with van der Waals surface area (Å²) in [6.07, 6.45) is 12.8. The summed E-state index contributed by atoms with van der Waals surface area (Å²) in [5.74, 6) is 0.414. The van der Waals surface area contributed by atoms with Crippen LogP contribution in [0.25, 0.3) is 44.8 Å². The van der Waals surface area contributed by atoms with Gasteiger partial charge in [-0.3, -0.25) is 9.59 Å². The Morgan fingerprint density at radius 2 is 1.25 bits per heavy atom. The molecule has 0 aromatic carbocycles. The molecule has 2 saturated heterocycles. The van der Waals surface area contributed by atoms with E-state index in [9.17, 15) is 18.4 Å².